The van der Waals surface area contributed by atoms with Gasteiger partial charge in [0.05, 0.1) is 5.92 Å². The largest absolute Gasteiger partial charge is 0.481 e. The predicted octanol–water partition coefficient (Wildman–Crippen LogP) is 1.94. The first-order valence-corrected chi connectivity index (χ1v) is 6.93. The summed E-state index contributed by atoms with van der Waals surface area (Å²) < 4.78 is 0. The second kappa shape index (κ2) is 4.69. The summed E-state index contributed by atoms with van der Waals surface area (Å²) in [7, 11) is 2.04. The Bertz CT molecular complexity index is 520. The normalized spacial score (nSPS) is 29.6. The van der Waals surface area contributed by atoms with Crippen LogP contribution in [-0.4, -0.2) is 37.3 Å². The molecule has 0 aliphatic carbocycles. The number of anilines is 1. The van der Waals surface area contributed by atoms with E-state index < -0.39 is 11.9 Å². The summed E-state index contributed by atoms with van der Waals surface area (Å²) in [6.45, 7) is 1.70. The predicted molar refractivity (Wildman–Crippen MR) is 75.0 cm³/mol. The molecule has 0 radical (unpaired) electrons. The molecule has 4 nitrogen and oxygen atoms in total. The zero-order valence-corrected chi connectivity index (χ0v) is 11.5. The molecule has 2 heterocycles. The van der Waals surface area contributed by atoms with Gasteiger partial charge in [-0.3, -0.25) is 4.79 Å². The molecule has 3 rings (SSSR count). The minimum absolute atomic E-state index is 0.116. The molecular weight excluding hydrogens is 264 g/mol. The summed E-state index contributed by atoms with van der Waals surface area (Å²) in [5.41, 5.74) is 1.84. The van der Waals surface area contributed by atoms with Gasteiger partial charge in [-0.1, -0.05) is 17.7 Å². The lowest BCUT2D eigenvalue weighted by atomic mass is 9.74. The van der Waals surface area contributed by atoms with E-state index in [1.165, 1.54) is 0 Å². The lowest BCUT2D eigenvalue weighted by Gasteiger charge is -2.47. The van der Waals surface area contributed by atoms with Gasteiger partial charge in [-0.25, -0.2) is 0 Å². The molecule has 0 spiro atoms. The van der Waals surface area contributed by atoms with Crippen molar-refractivity contribution in [3.8, 4) is 0 Å². The van der Waals surface area contributed by atoms with Crippen molar-refractivity contribution in [2.24, 2.45) is 5.92 Å². The van der Waals surface area contributed by atoms with Crippen LogP contribution < -0.4 is 10.2 Å². The number of fused-ring (bicyclic) bond motifs is 2. The van der Waals surface area contributed by atoms with E-state index in [2.05, 4.69) is 10.2 Å². The Hall–Kier alpha value is -1.26. The van der Waals surface area contributed by atoms with Crippen LogP contribution in [0.2, 0.25) is 5.02 Å². The summed E-state index contributed by atoms with van der Waals surface area (Å²) in [5.74, 6) is -1.07. The van der Waals surface area contributed by atoms with Gasteiger partial charge in [-0.15, -0.1) is 0 Å². The quantitative estimate of drug-likeness (QED) is 0.825. The number of nitrogens with one attached hydrogen (secondary N) is 1. The van der Waals surface area contributed by atoms with Gasteiger partial charge in [0, 0.05) is 36.3 Å². The molecule has 19 heavy (non-hydrogen) atoms. The molecule has 0 aromatic heterocycles. The lowest BCUT2D eigenvalue weighted by molar-refractivity contribution is -0.140. The third-order valence-electron chi connectivity index (χ3n) is 4.39. The number of hydrogen-bond acceptors (Lipinski definition) is 3. The first-order chi connectivity index (χ1) is 9.09. The molecule has 1 saturated heterocycles. The van der Waals surface area contributed by atoms with Gasteiger partial charge < -0.3 is 15.3 Å². The summed E-state index contributed by atoms with van der Waals surface area (Å²) in [6.07, 6.45) is 0.969. The van der Waals surface area contributed by atoms with E-state index in [-0.39, 0.29) is 12.0 Å². The number of piperidine rings is 1. The molecular formula is C14H17ClN2O2. The molecule has 1 aromatic carbocycles. The summed E-state index contributed by atoms with van der Waals surface area (Å²) in [4.78, 5) is 13.9. The number of hydrogen-bond donors (Lipinski definition) is 2. The number of carboxylic acids is 1. The van der Waals surface area contributed by atoms with Gasteiger partial charge in [-0.2, -0.15) is 0 Å². The zero-order valence-electron chi connectivity index (χ0n) is 10.8. The van der Waals surface area contributed by atoms with Gasteiger partial charge in [0.25, 0.3) is 0 Å². The maximum atomic E-state index is 11.7. The van der Waals surface area contributed by atoms with E-state index in [4.69, 9.17) is 11.6 Å². The van der Waals surface area contributed by atoms with Crippen molar-refractivity contribution in [2.75, 3.05) is 25.0 Å². The molecule has 2 N–H and O–H groups in total. The summed E-state index contributed by atoms with van der Waals surface area (Å²) in [5, 5.41) is 13.6. The maximum Gasteiger partial charge on any atom is 0.311 e. The van der Waals surface area contributed by atoms with Crippen LogP contribution in [0, 0.1) is 5.92 Å². The minimum atomic E-state index is -0.740. The number of nitrogens with zero attached hydrogens (tertiary/aromatic N) is 1. The first-order valence-electron chi connectivity index (χ1n) is 6.55. The van der Waals surface area contributed by atoms with Crippen LogP contribution in [0.4, 0.5) is 5.69 Å². The number of aliphatic carboxylic acids is 1. The Morgan fingerprint density at radius 3 is 3.05 bits per heavy atom. The number of carbonyl (C=O) groups is 1. The molecule has 2 aliphatic heterocycles. The highest BCUT2D eigenvalue weighted by molar-refractivity contribution is 6.30. The Morgan fingerprint density at radius 2 is 2.32 bits per heavy atom. The number of rotatable bonds is 1. The summed E-state index contributed by atoms with van der Waals surface area (Å²) in [6, 6.07) is 5.79. The molecule has 2 aliphatic rings. The second-order valence-corrected chi connectivity index (χ2v) is 5.79. The van der Waals surface area contributed by atoms with Crippen molar-refractivity contribution >= 4 is 23.3 Å². The zero-order chi connectivity index (χ0) is 13.6. The molecule has 3 unspecified atom stereocenters. The number of carboxylic acid groups (broad SMARTS) is 1. The van der Waals surface area contributed by atoms with E-state index in [0.29, 0.717) is 5.02 Å². The van der Waals surface area contributed by atoms with Crippen LogP contribution >= 0.6 is 11.6 Å². The van der Waals surface area contributed by atoms with Crippen molar-refractivity contribution in [2.45, 2.75) is 18.4 Å². The van der Waals surface area contributed by atoms with Crippen molar-refractivity contribution in [3.05, 3.63) is 28.8 Å². The topological polar surface area (TPSA) is 52.6 Å². The van der Waals surface area contributed by atoms with Gasteiger partial charge in [-0.05, 0) is 30.7 Å². The van der Waals surface area contributed by atoms with E-state index in [9.17, 15) is 9.90 Å². The standard InChI is InChI=1S/C14H17ClN2O2/c1-17-11-4-5-16-7-10(11)13(14(18)19)9-3-2-8(15)6-12(9)17/h2-3,6,10-11,13,16H,4-5,7H2,1H3,(H,18,19). The van der Waals surface area contributed by atoms with Crippen LogP contribution in [0.3, 0.4) is 0 Å². The van der Waals surface area contributed by atoms with Crippen molar-refractivity contribution in [3.63, 3.8) is 0 Å². The fourth-order valence-corrected chi connectivity index (χ4v) is 3.67. The van der Waals surface area contributed by atoms with Gasteiger partial charge >= 0.3 is 5.97 Å². The molecule has 0 bridgehead atoms. The van der Waals surface area contributed by atoms with Crippen molar-refractivity contribution in [1.29, 1.82) is 0 Å². The molecule has 1 fully saturated rings. The number of halogens is 1. The highest BCUT2D eigenvalue weighted by Gasteiger charge is 2.44. The highest BCUT2D eigenvalue weighted by Crippen LogP contribution is 2.44. The summed E-state index contributed by atoms with van der Waals surface area (Å²) >= 11 is 6.06. The Kier molecular flexibility index (Phi) is 3.15. The van der Waals surface area contributed by atoms with E-state index >= 15 is 0 Å². The van der Waals surface area contributed by atoms with Gasteiger partial charge in [0.15, 0.2) is 0 Å². The Balaban J connectivity index is 2.13. The van der Waals surface area contributed by atoms with Crippen molar-refractivity contribution in [1.82, 2.24) is 5.32 Å². The van der Waals surface area contributed by atoms with Crippen LogP contribution in [-0.2, 0) is 4.79 Å². The first kappa shape index (κ1) is 12.8. The molecule has 3 atom stereocenters. The van der Waals surface area contributed by atoms with Crippen LogP contribution in [0.15, 0.2) is 18.2 Å². The fourth-order valence-electron chi connectivity index (χ4n) is 3.50. The highest BCUT2D eigenvalue weighted by atomic mass is 35.5. The average Bonchev–Trinajstić information content (AvgIpc) is 2.39. The van der Waals surface area contributed by atoms with Crippen LogP contribution in [0.5, 0.6) is 0 Å². The Morgan fingerprint density at radius 1 is 1.53 bits per heavy atom. The van der Waals surface area contributed by atoms with Gasteiger partial charge in [0.2, 0.25) is 0 Å². The van der Waals surface area contributed by atoms with E-state index in [1.807, 2.05) is 19.2 Å². The molecule has 102 valence electrons. The monoisotopic (exact) mass is 280 g/mol. The average molecular weight is 281 g/mol. The molecule has 0 amide bonds. The van der Waals surface area contributed by atoms with Gasteiger partial charge in [0.1, 0.15) is 0 Å². The molecule has 1 aromatic rings. The Labute approximate surface area is 117 Å². The maximum absolute atomic E-state index is 11.7. The molecule has 0 saturated carbocycles. The SMILES string of the molecule is CN1c2cc(Cl)ccc2C(C(=O)O)C2CNCCC21. The van der Waals surface area contributed by atoms with E-state index in [0.717, 1.165) is 30.8 Å². The molecule has 5 heteroatoms. The van der Waals surface area contributed by atoms with Crippen LogP contribution in [0.1, 0.15) is 17.9 Å². The van der Waals surface area contributed by atoms with E-state index in [1.54, 1.807) is 6.07 Å². The third-order valence-corrected chi connectivity index (χ3v) is 4.63. The lowest BCUT2D eigenvalue weighted by Crippen LogP contribution is -2.54. The minimum Gasteiger partial charge on any atom is -0.481 e. The third kappa shape index (κ3) is 1.99. The fraction of sp³-hybridized carbons (Fsp3) is 0.500. The smallest absolute Gasteiger partial charge is 0.311 e. The second-order valence-electron chi connectivity index (χ2n) is 5.35. The van der Waals surface area contributed by atoms with Crippen molar-refractivity contribution < 1.29 is 9.90 Å². The number of benzene rings is 1. The van der Waals surface area contributed by atoms with Crippen LogP contribution in [0.25, 0.3) is 0 Å².